The lowest BCUT2D eigenvalue weighted by Gasteiger charge is -2.14. The van der Waals surface area contributed by atoms with Crippen molar-refractivity contribution in [3.05, 3.63) is 29.3 Å². The Morgan fingerprint density at radius 3 is 2.65 bits per heavy atom. The smallest absolute Gasteiger partial charge is 0.157 e. The van der Waals surface area contributed by atoms with Crippen molar-refractivity contribution in [1.82, 2.24) is 5.32 Å². The van der Waals surface area contributed by atoms with E-state index in [4.69, 9.17) is 0 Å². The van der Waals surface area contributed by atoms with E-state index in [1.54, 1.807) is 12.1 Å². The molecule has 0 bridgehead atoms. The van der Waals surface area contributed by atoms with Crippen molar-refractivity contribution < 1.29 is 10.2 Å². The Hall–Kier alpha value is -1.48. The quantitative estimate of drug-likeness (QED) is 0.688. The van der Waals surface area contributed by atoms with Crippen LogP contribution in [0.5, 0.6) is 11.5 Å². The van der Waals surface area contributed by atoms with E-state index in [9.17, 15) is 10.2 Å². The Kier molecular flexibility index (Phi) is 5.04. The Morgan fingerprint density at radius 2 is 2.06 bits per heavy atom. The van der Waals surface area contributed by atoms with Crippen molar-refractivity contribution in [3.8, 4) is 11.5 Å². The van der Waals surface area contributed by atoms with Crippen molar-refractivity contribution in [2.24, 2.45) is 0 Å². The molecule has 0 heterocycles. The topological polar surface area (TPSA) is 52.5 Å². The fourth-order valence-corrected chi connectivity index (χ4v) is 1.54. The van der Waals surface area contributed by atoms with Gasteiger partial charge in [-0.2, -0.15) is 0 Å². The number of phenols is 2. The number of rotatable bonds is 5. The van der Waals surface area contributed by atoms with Crippen molar-refractivity contribution in [2.45, 2.75) is 33.2 Å². The van der Waals surface area contributed by atoms with Gasteiger partial charge in [-0.1, -0.05) is 24.6 Å². The predicted molar refractivity (Wildman–Crippen MR) is 71.2 cm³/mol. The lowest BCUT2D eigenvalue weighted by atomic mass is 10.1. The first kappa shape index (κ1) is 13.6. The molecule has 0 spiro atoms. The number of benzene rings is 1. The summed E-state index contributed by atoms with van der Waals surface area (Å²) in [6, 6.07) is 5.15. The van der Waals surface area contributed by atoms with Crippen LogP contribution in [0.15, 0.2) is 23.8 Å². The van der Waals surface area contributed by atoms with Crippen LogP contribution < -0.4 is 5.32 Å². The standard InChI is InChI=1S/C14H21NO2/c1-4-7-15-11(3)10(2)8-12-5-6-13(16)14(17)9-12/h5-6,8-9,11,15-17H,4,7H2,1-3H3/b10-8+. The minimum Gasteiger partial charge on any atom is -0.504 e. The molecule has 94 valence electrons. The summed E-state index contributed by atoms with van der Waals surface area (Å²) in [5.41, 5.74) is 2.09. The molecule has 0 amide bonds. The van der Waals surface area contributed by atoms with Gasteiger partial charge in [0, 0.05) is 6.04 Å². The Balaban J connectivity index is 2.76. The van der Waals surface area contributed by atoms with E-state index >= 15 is 0 Å². The summed E-state index contributed by atoms with van der Waals surface area (Å²) in [5.74, 6) is -0.169. The van der Waals surface area contributed by atoms with Crippen LogP contribution in [0, 0.1) is 0 Å². The lowest BCUT2D eigenvalue weighted by Crippen LogP contribution is -2.27. The molecule has 0 fully saturated rings. The molecular formula is C14H21NO2. The molecule has 3 heteroatoms. The summed E-state index contributed by atoms with van der Waals surface area (Å²) in [4.78, 5) is 0. The number of hydrogen-bond acceptors (Lipinski definition) is 3. The van der Waals surface area contributed by atoms with Crippen LogP contribution in [0.3, 0.4) is 0 Å². The van der Waals surface area contributed by atoms with Gasteiger partial charge in [0.05, 0.1) is 0 Å². The molecule has 17 heavy (non-hydrogen) atoms. The molecule has 0 aromatic heterocycles. The largest absolute Gasteiger partial charge is 0.504 e. The van der Waals surface area contributed by atoms with E-state index in [1.807, 2.05) is 6.08 Å². The fraction of sp³-hybridized carbons (Fsp3) is 0.429. The zero-order valence-corrected chi connectivity index (χ0v) is 10.7. The van der Waals surface area contributed by atoms with Crippen molar-refractivity contribution in [2.75, 3.05) is 6.54 Å². The first-order valence-electron chi connectivity index (χ1n) is 5.98. The van der Waals surface area contributed by atoms with Gasteiger partial charge in [0.25, 0.3) is 0 Å². The number of phenolic OH excluding ortho intramolecular Hbond substituents is 2. The highest BCUT2D eigenvalue weighted by molar-refractivity contribution is 5.57. The van der Waals surface area contributed by atoms with Gasteiger partial charge < -0.3 is 15.5 Å². The van der Waals surface area contributed by atoms with Crippen LogP contribution in [0.1, 0.15) is 32.8 Å². The Bertz CT molecular complexity index is 399. The van der Waals surface area contributed by atoms with Crippen LogP contribution in [0.25, 0.3) is 6.08 Å². The van der Waals surface area contributed by atoms with Gasteiger partial charge in [-0.15, -0.1) is 0 Å². The minimum absolute atomic E-state index is 0.0827. The molecule has 0 aliphatic carbocycles. The van der Waals surface area contributed by atoms with Crippen LogP contribution >= 0.6 is 0 Å². The SMILES string of the molecule is CCCNC(C)/C(C)=C/c1ccc(O)c(O)c1. The number of aromatic hydroxyl groups is 2. The molecular weight excluding hydrogens is 214 g/mol. The average Bonchev–Trinajstić information content (AvgIpc) is 2.30. The molecule has 1 aromatic carbocycles. The fourth-order valence-electron chi connectivity index (χ4n) is 1.54. The van der Waals surface area contributed by atoms with Gasteiger partial charge in [0.1, 0.15) is 0 Å². The van der Waals surface area contributed by atoms with Gasteiger partial charge in [0.2, 0.25) is 0 Å². The molecule has 3 nitrogen and oxygen atoms in total. The van der Waals surface area contributed by atoms with E-state index in [1.165, 1.54) is 11.6 Å². The zero-order chi connectivity index (χ0) is 12.8. The van der Waals surface area contributed by atoms with Crippen molar-refractivity contribution in [3.63, 3.8) is 0 Å². The summed E-state index contributed by atoms with van der Waals surface area (Å²) in [5, 5.41) is 22.0. The maximum Gasteiger partial charge on any atom is 0.157 e. The van der Waals surface area contributed by atoms with E-state index in [0.717, 1.165) is 18.5 Å². The van der Waals surface area contributed by atoms with E-state index in [2.05, 4.69) is 26.1 Å². The van der Waals surface area contributed by atoms with Crippen molar-refractivity contribution in [1.29, 1.82) is 0 Å². The first-order valence-corrected chi connectivity index (χ1v) is 5.98. The van der Waals surface area contributed by atoms with E-state index in [0.29, 0.717) is 6.04 Å². The van der Waals surface area contributed by atoms with Crippen LogP contribution in [0.2, 0.25) is 0 Å². The average molecular weight is 235 g/mol. The second-order valence-corrected chi connectivity index (χ2v) is 4.31. The predicted octanol–water partition coefficient (Wildman–Crippen LogP) is 2.89. The van der Waals surface area contributed by atoms with E-state index < -0.39 is 0 Å². The van der Waals surface area contributed by atoms with Gasteiger partial charge in [0.15, 0.2) is 11.5 Å². The molecule has 0 aliphatic heterocycles. The maximum atomic E-state index is 9.40. The third-order valence-corrected chi connectivity index (χ3v) is 2.78. The second-order valence-electron chi connectivity index (χ2n) is 4.31. The zero-order valence-electron chi connectivity index (χ0n) is 10.7. The van der Waals surface area contributed by atoms with Gasteiger partial charge >= 0.3 is 0 Å². The molecule has 0 radical (unpaired) electrons. The molecule has 1 atom stereocenters. The van der Waals surface area contributed by atoms with Crippen molar-refractivity contribution >= 4 is 6.08 Å². The highest BCUT2D eigenvalue weighted by Gasteiger charge is 2.04. The monoisotopic (exact) mass is 235 g/mol. The molecule has 0 aliphatic rings. The van der Waals surface area contributed by atoms with Gasteiger partial charge in [-0.05, 0) is 44.5 Å². The number of hydrogen-bond donors (Lipinski definition) is 3. The molecule has 0 saturated heterocycles. The Morgan fingerprint density at radius 1 is 1.35 bits per heavy atom. The van der Waals surface area contributed by atoms with E-state index in [-0.39, 0.29) is 11.5 Å². The third-order valence-electron chi connectivity index (χ3n) is 2.78. The van der Waals surface area contributed by atoms with Crippen LogP contribution in [-0.2, 0) is 0 Å². The summed E-state index contributed by atoms with van der Waals surface area (Å²) in [6.07, 6.45) is 3.12. The molecule has 3 N–H and O–H groups in total. The Labute approximate surface area is 103 Å². The normalized spacial score (nSPS) is 13.7. The van der Waals surface area contributed by atoms with Gasteiger partial charge in [-0.3, -0.25) is 0 Å². The molecule has 1 aromatic rings. The second kappa shape index (κ2) is 6.30. The molecule has 1 unspecified atom stereocenters. The summed E-state index contributed by atoms with van der Waals surface area (Å²) in [7, 11) is 0. The molecule has 0 saturated carbocycles. The van der Waals surface area contributed by atoms with Crippen LogP contribution in [-0.4, -0.2) is 22.8 Å². The number of nitrogens with one attached hydrogen (secondary N) is 1. The lowest BCUT2D eigenvalue weighted by molar-refractivity contribution is 0.403. The summed E-state index contributed by atoms with van der Waals surface area (Å²) < 4.78 is 0. The maximum absolute atomic E-state index is 9.40. The molecule has 1 rings (SSSR count). The minimum atomic E-state index is -0.0861. The highest BCUT2D eigenvalue weighted by Crippen LogP contribution is 2.26. The summed E-state index contributed by atoms with van der Waals surface area (Å²) in [6.45, 7) is 7.29. The van der Waals surface area contributed by atoms with Crippen LogP contribution in [0.4, 0.5) is 0 Å². The van der Waals surface area contributed by atoms with Gasteiger partial charge in [-0.25, -0.2) is 0 Å². The highest BCUT2D eigenvalue weighted by atomic mass is 16.3. The summed E-state index contributed by atoms with van der Waals surface area (Å²) >= 11 is 0. The third kappa shape index (κ3) is 4.11. The first-order chi connectivity index (χ1) is 8.04.